The van der Waals surface area contributed by atoms with Gasteiger partial charge in [-0.05, 0) is 91.0 Å². The van der Waals surface area contributed by atoms with Crippen molar-refractivity contribution in [2.24, 2.45) is 5.92 Å². The third kappa shape index (κ3) is 20.8. The van der Waals surface area contributed by atoms with E-state index >= 15 is 0 Å². The first-order valence-electron chi connectivity index (χ1n) is 26.3. The molecular weight excluding hydrogens is 1020 g/mol. The third-order valence-corrected chi connectivity index (χ3v) is 14.1. The number of carboxylic acid groups (broad SMARTS) is 6. The number of urea groups is 1. The number of nitrogens with one attached hydrogen (secondary N) is 5. The van der Waals surface area contributed by atoms with E-state index in [1.165, 1.54) is 0 Å². The van der Waals surface area contributed by atoms with Crippen LogP contribution in [0.15, 0.2) is 54.6 Å². The minimum Gasteiger partial charge on any atom is -0.481 e. The standard InChI is InChI=1S/C53H73N9O16/c63-44(30-59-20-22-60(31-46(66)67)24-26-62(33-48(70)71)27-25-61(23-21-59)32-47(68)69)55-37-17-15-34(16-18-37)49(72)56-43(29-40-38-10-3-1-8-35(38)28-36-9-2-4-11-39(36)40)50(73)54-19-6-5-12-41(51(74)75)57-53(78)58-42(52(76)77)13-7-14-45(64)65/h1-4,8-11,28,34,37,41-43H,5-7,12-27,29-33H2,(H,54,73)(H,55,63)(H,56,72)(H,64,65)(H,66,67)(H,68,69)(H,70,71)(H,74,75)(H,76,77)(H2,57,58,78)/t34-,37+,41-,42-,43-/m0/s1. The molecule has 11 N–H and O–H groups in total. The lowest BCUT2D eigenvalue weighted by atomic mass is 9.85. The lowest BCUT2D eigenvalue weighted by Crippen LogP contribution is -2.51. The fraction of sp³-hybridized carbons (Fsp3) is 0.547. The van der Waals surface area contributed by atoms with Crippen molar-refractivity contribution < 1.29 is 78.6 Å². The molecule has 426 valence electrons. The molecule has 25 heteroatoms. The van der Waals surface area contributed by atoms with Crippen molar-refractivity contribution in [1.29, 1.82) is 0 Å². The Morgan fingerprint density at radius 3 is 1.41 bits per heavy atom. The van der Waals surface area contributed by atoms with E-state index in [0.717, 1.165) is 27.1 Å². The summed E-state index contributed by atoms with van der Waals surface area (Å²) in [7, 11) is 0. The van der Waals surface area contributed by atoms with Gasteiger partial charge in [-0.25, -0.2) is 14.4 Å². The average molecular weight is 1090 g/mol. The number of nitrogens with zero attached hydrogens (tertiary/aromatic N) is 4. The molecule has 25 nitrogen and oxygen atoms in total. The molecule has 0 spiro atoms. The Labute approximate surface area is 450 Å². The molecule has 1 aliphatic heterocycles. The van der Waals surface area contributed by atoms with Crippen LogP contribution in [0.4, 0.5) is 4.79 Å². The molecule has 5 amide bonds. The largest absolute Gasteiger partial charge is 0.481 e. The maximum Gasteiger partial charge on any atom is 0.326 e. The fourth-order valence-electron chi connectivity index (χ4n) is 9.93. The second kappa shape index (κ2) is 31.1. The smallest absolute Gasteiger partial charge is 0.326 e. The molecule has 5 rings (SSSR count). The first kappa shape index (κ1) is 61.4. The summed E-state index contributed by atoms with van der Waals surface area (Å²) < 4.78 is 0. The van der Waals surface area contributed by atoms with Crippen molar-refractivity contribution in [3.05, 3.63) is 60.2 Å². The van der Waals surface area contributed by atoms with Crippen LogP contribution < -0.4 is 26.6 Å². The van der Waals surface area contributed by atoms with E-state index in [4.69, 9.17) is 5.11 Å². The van der Waals surface area contributed by atoms with E-state index < -0.39 is 71.8 Å². The van der Waals surface area contributed by atoms with Gasteiger partial charge in [0.2, 0.25) is 17.7 Å². The van der Waals surface area contributed by atoms with Gasteiger partial charge in [-0.15, -0.1) is 0 Å². The van der Waals surface area contributed by atoms with Gasteiger partial charge >= 0.3 is 41.8 Å². The molecule has 0 unspecified atom stereocenters. The number of hydrogen-bond acceptors (Lipinski definition) is 14. The maximum atomic E-state index is 14.2. The molecule has 3 atom stereocenters. The van der Waals surface area contributed by atoms with Crippen LogP contribution in [0.25, 0.3) is 21.5 Å². The number of aliphatic carboxylic acids is 6. The van der Waals surface area contributed by atoms with Gasteiger partial charge in [0.1, 0.15) is 18.1 Å². The summed E-state index contributed by atoms with van der Waals surface area (Å²) in [5.74, 6) is -8.71. The van der Waals surface area contributed by atoms with Crippen LogP contribution in [-0.2, 0) is 49.6 Å². The Balaban J connectivity index is 1.20. The Morgan fingerprint density at radius 1 is 0.513 bits per heavy atom. The lowest BCUT2D eigenvalue weighted by Gasteiger charge is -2.33. The van der Waals surface area contributed by atoms with Gasteiger partial charge in [-0.1, -0.05) is 48.5 Å². The third-order valence-electron chi connectivity index (χ3n) is 14.1. The summed E-state index contributed by atoms with van der Waals surface area (Å²) in [6.07, 6.45) is 1.74. The lowest BCUT2D eigenvalue weighted by molar-refractivity contribution is -0.141. The number of carboxylic acids is 6. The van der Waals surface area contributed by atoms with Gasteiger partial charge in [-0.2, -0.15) is 0 Å². The highest BCUT2D eigenvalue weighted by molar-refractivity contribution is 6.03. The van der Waals surface area contributed by atoms with E-state index in [1.807, 2.05) is 53.4 Å². The van der Waals surface area contributed by atoms with Crippen molar-refractivity contribution >= 4 is 81.1 Å². The van der Waals surface area contributed by atoms with Gasteiger partial charge in [0.25, 0.3) is 0 Å². The zero-order chi connectivity index (χ0) is 56.7. The number of amides is 5. The van der Waals surface area contributed by atoms with Crippen LogP contribution in [0.1, 0.15) is 69.8 Å². The van der Waals surface area contributed by atoms with E-state index in [-0.39, 0.29) is 148 Å². The number of hydrogen-bond donors (Lipinski definition) is 11. The molecule has 2 fully saturated rings. The van der Waals surface area contributed by atoms with Crippen LogP contribution in [0.2, 0.25) is 0 Å². The molecule has 1 saturated carbocycles. The molecule has 1 saturated heterocycles. The zero-order valence-corrected chi connectivity index (χ0v) is 43.6. The molecule has 3 aromatic rings. The normalized spacial score (nSPS) is 18.5. The Morgan fingerprint density at radius 2 is 0.962 bits per heavy atom. The van der Waals surface area contributed by atoms with E-state index in [1.54, 1.807) is 14.7 Å². The highest BCUT2D eigenvalue weighted by Gasteiger charge is 2.32. The first-order valence-corrected chi connectivity index (χ1v) is 26.3. The number of rotatable bonds is 27. The van der Waals surface area contributed by atoms with Crippen molar-refractivity contribution in [3.63, 3.8) is 0 Å². The average Bonchev–Trinajstić information content (AvgIpc) is 3.43. The highest BCUT2D eigenvalue weighted by atomic mass is 16.4. The molecule has 0 radical (unpaired) electrons. The van der Waals surface area contributed by atoms with Crippen molar-refractivity contribution in [2.45, 2.75) is 94.8 Å². The van der Waals surface area contributed by atoms with Gasteiger partial charge in [0, 0.05) is 83.7 Å². The SMILES string of the molecule is O=C(O)CCC[C@H](NC(=O)N[C@@H](CCCCNC(=O)[C@H](Cc1c2ccccc2cc2ccccc12)NC(=O)[C@H]1CC[C@@H](NC(=O)CN2CCN(CC(=O)O)CCN(CC(=O)O)CCN(CC(=O)O)CC2)CC1)C(=O)O)C(=O)O. The van der Waals surface area contributed by atoms with Gasteiger partial charge in [0.15, 0.2) is 0 Å². The van der Waals surface area contributed by atoms with Crippen LogP contribution in [0.5, 0.6) is 0 Å². The van der Waals surface area contributed by atoms with Crippen LogP contribution in [-0.4, -0.2) is 219 Å². The molecule has 0 aromatic heterocycles. The monoisotopic (exact) mass is 1090 g/mol. The second-order valence-electron chi connectivity index (χ2n) is 19.9. The molecule has 78 heavy (non-hydrogen) atoms. The molecule has 2 aliphatic rings. The Bertz CT molecular complexity index is 2510. The topological polar surface area (TPSA) is 365 Å². The number of unbranched alkanes of at least 4 members (excludes halogenated alkanes) is 1. The second-order valence-corrected chi connectivity index (χ2v) is 19.9. The van der Waals surface area contributed by atoms with Gasteiger partial charge < -0.3 is 57.2 Å². The Kier molecular flexibility index (Phi) is 24.4. The number of carbonyl (C=O) groups excluding carboxylic acids is 4. The fourth-order valence-corrected chi connectivity index (χ4v) is 9.93. The van der Waals surface area contributed by atoms with Crippen LogP contribution in [0, 0.1) is 5.92 Å². The van der Waals surface area contributed by atoms with E-state index in [0.29, 0.717) is 25.7 Å². The van der Waals surface area contributed by atoms with Crippen LogP contribution in [0.3, 0.4) is 0 Å². The predicted octanol–water partition coefficient (Wildman–Crippen LogP) is 0.918. The van der Waals surface area contributed by atoms with E-state index in [9.17, 15) is 73.5 Å². The Hall–Kier alpha value is -7.48. The molecule has 0 bridgehead atoms. The quantitative estimate of drug-likeness (QED) is 0.0373. The summed E-state index contributed by atoms with van der Waals surface area (Å²) in [6, 6.07) is 12.3. The summed E-state index contributed by atoms with van der Waals surface area (Å²) in [6.45, 7) is 1.16. The van der Waals surface area contributed by atoms with Crippen molar-refractivity contribution in [3.8, 4) is 0 Å². The molecule has 1 aliphatic carbocycles. The zero-order valence-electron chi connectivity index (χ0n) is 43.6. The summed E-state index contributed by atoms with van der Waals surface area (Å²) in [5.41, 5.74) is 0.847. The van der Waals surface area contributed by atoms with Gasteiger partial charge in [0.05, 0.1) is 26.2 Å². The number of benzene rings is 3. The minimum atomic E-state index is -1.44. The number of carbonyl (C=O) groups is 10. The van der Waals surface area contributed by atoms with Crippen LogP contribution >= 0.6 is 0 Å². The van der Waals surface area contributed by atoms with Gasteiger partial charge in [-0.3, -0.25) is 53.2 Å². The number of fused-ring (bicyclic) bond motifs is 2. The molecule has 3 aromatic carbocycles. The summed E-state index contributed by atoms with van der Waals surface area (Å²) in [5, 5.41) is 73.9. The summed E-state index contributed by atoms with van der Waals surface area (Å²) >= 11 is 0. The first-order chi connectivity index (χ1) is 37.2. The van der Waals surface area contributed by atoms with E-state index in [2.05, 4.69) is 32.7 Å². The van der Waals surface area contributed by atoms with Crippen molar-refractivity contribution in [1.82, 2.24) is 46.2 Å². The highest BCUT2D eigenvalue weighted by Crippen LogP contribution is 2.30. The minimum absolute atomic E-state index is 0.0292. The summed E-state index contributed by atoms with van der Waals surface area (Å²) in [4.78, 5) is 131. The molecular formula is C53H73N9O16. The maximum absolute atomic E-state index is 14.2. The predicted molar refractivity (Wildman–Crippen MR) is 283 cm³/mol. The molecule has 1 heterocycles. The van der Waals surface area contributed by atoms with Crippen molar-refractivity contribution in [2.75, 3.05) is 85.1 Å².